The number of thiophene rings is 1. The molecule has 0 amide bonds. The minimum atomic E-state index is 0.110. The van der Waals surface area contributed by atoms with Gasteiger partial charge in [-0.2, -0.15) is 0 Å². The molecule has 0 aromatic carbocycles. The minimum absolute atomic E-state index is 0.110. The van der Waals surface area contributed by atoms with E-state index in [2.05, 4.69) is 42.7 Å². The van der Waals surface area contributed by atoms with Crippen LogP contribution in [0.15, 0.2) is 35.3 Å². The van der Waals surface area contributed by atoms with Crippen molar-refractivity contribution in [3.63, 3.8) is 0 Å². The Labute approximate surface area is 126 Å². The van der Waals surface area contributed by atoms with Crippen molar-refractivity contribution < 1.29 is 0 Å². The maximum atomic E-state index is 4.50. The highest BCUT2D eigenvalue weighted by molar-refractivity contribution is 7.10. The summed E-state index contributed by atoms with van der Waals surface area (Å²) in [4.78, 5) is 10.3. The number of aryl methyl sites for hydroxylation is 2. The Hall–Kier alpha value is -1.50. The highest BCUT2D eigenvalue weighted by Crippen LogP contribution is 2.25. The number of thiazole rings is 1. The molecule has 0 aliphatic heterocycles. The fourth-order valence-electron chi connectivity index (χ4n) is 2.10. The molecule has 20 heavy (non-hydrogen) atoms. The lowest BCUT2D eigenvalue weighted by atomic mass is 10.2. The molecule has 0 aliphatic rings. The van der Waals surface area contributed by atoms with Crippen molar-refractivity contribution in [2.75, 3.05) is 0 Å². The van der Waals surface area contributed by atoms with E-state index in [1.54, 1.807) is 22.7 Å². The summed E-state index contributed by atoms with van der Waals surface area (Å²) < 4.78 is 2.06. The summed E-state index contributed by atoms with van der Waals surface area (Å²) in [6.07, 6.45) is 3.82. The van der Waals surface area contributed by atoms with Crippen LogP contribution in [0.3, 0.4) is 0 Å². The largest absolute Gasteiger partial charge is 0.336 e. The number of aromatic nitrogens is 3. The zero-order chi connectivity index (χ0) is 13.9. The molecule has 1 atom stereocenters. The zero-order valence-electron chi connectivity index (χ0n) is 11.4. The summed E-state index contributed by atoms with van der Waals surface area (Å²) in [5, 5.41) is 8.86. The van der Waals surface area contributed by atoms with E-state index in [1.165, 1.54) is 4.88 Å². The van der Waals surface area contributed by atoms with E-state index in [1.807, 2.05) is 26.4 Å². The van der Waals surface area contributed by atoms with Gasteiger partial charge in [0.1, 0.15) is 16.9 Å². The molecule has 0 saturated carbocycles. The first-order valence-electron chi connectivity index (χ1n) is 6.39. The van der Waals surface area contributed by atoms with Crippen LogP contribution in [0.4, 0.5) is 0 Å². The zero-order valence-corrected chi connectivity index (χ0v) is 13.0. The fourth-order valence-corrected chi connectivity index (χ4v) is 3.62. The molecule has 6 heteroatoms. The van der Waals surface area contributed by atoms with Crippen molar-refractivity contribution in [2.24, 2.45) is 7.05 Å². The average molecular weight is 304 g/mol. The van der Waals surface area contributed by atoms with Crippen LogP contribution in [0.1, 0.15) is 27.4 Å². The molecule has 1 N–H and O–H groups in total. The fraction of sp³-hybridized carbons (Fsp3) is 0.286. The van der Waals surface area contributed by atoms with E-state index in [4.69, 9.17) is 0 Å². The highest BCUT2D eigenvalue weighted by Gasteiger charge is 2.19. The molecule has 3 aromatic heterocycles. The molecular weight excluding hydrogens is 288 g/mol. The van der Waals surface area contributed by atoms with Crippen molar-refractivity contribution in [3.8, 4) is 0 Å². The molecule has 104 valence electrons. The van der Waals surface area contributed by atoms with Gasteiger partial charge in [-0.15, -0.1) is 22.7 Å². The number of hydrogen-bond acceptors (Lipinski definition) is 5. The first-order valence-corrected chi connectivity index (χ1v) is 8.15. The second-order valence-corrected chi connectivity index (χ2v) is 6.53. The Morgan fingerprint density at radius 3 is 2.90 bits per heavy atom. The van der Waals surface area contributed by atoms with Crippen molar-refractivity contribution in [1.82, 2.24) is 19.9 Å². The molecule has 1 unspecified atom stereocenters. The van der Waals surface area contributed by atoms with E-state index in [-0.39, 0.29) is 6.04 Å². The third-order valence-corrected chi connectivity index (χ3v) is 4.97. The number of hydrogen-bond donors (Lipinski definition) is 1. The monoisotopic (exact) mass is 304 g/mol. The Morgan fingerprint density at radius 1 is 1.40 bits per heavy atom. The standard InChI is InChI=1S/C14H16N4S2/c1-10-9-20-12(17-10)8-16-13(11-4-3-7-19-11)14-15-5-6-18(14)2/h3-7,9,13,16H,8H2,1-2H3. The Balaban J connectivity index is 1.81. The summed E-state index contributed by atoms with van der Waals surface area (Å²) >= 11 is 3.44. The summed E-state index contributed by atoms with van der Waals surface area (Å²) in [5.74, 6) is 1.03. The van der Waals surface area contributed by atoms with Gasteiger partial charge in [0.05, 0.1) is 0 Å². The Kier molecular flexibility index (Phi) is 3.95. The van der Waals surface area contributed by atoms with E-state index in [9.17, 15) is 0 Å². The molecule has 0 bridgehead atoms. The Morgan fingerprint density at radius 2 is 2.30 bits per heavy atom. The molecule has 0 fully saturated rings. The summed E-state index contributed by atoms with van der Waals surface area (Å²) in [5.41, 5.74) is 1.08. The van der Waals surface area contributed by atoms with Crippen LogP contribution in [0, 0.1) is 6.92 Å². The predicted molar refractivity (Wildman–Crippen MR) is 83.1 cm³/mol. The van der Waals surface area contributed by atoms with E-state index < -0.39 is 0 Å². The third-order valence-electron chi connectivity index (χ3n) is 3.07. The SMILES string of the molecule is Cc1csc(CNC(c2cccs2)c2nccn2C)n1. The number of nitrogens with one attached hydrogen (secondary N) is 1. The van der Waals surface area contributed by atoms with Crippen molar-refractivity contribution in [2.45, 2.75) is 19.5 Å². The van der Waals surface area contributed by atoms with Gasteiger partial charge in [-0.1, -0.05) is 6.07 Å². The van der Waals surface area contributed by atoms with Crippen LogP contribution < -0.4 is 5.32 Å². The van der Waals surface area contributed by atoms with Gasteiger partial charge < -0.3 is 4.57 Å². The summed E-state index contributed by atoms with van der Waals surface area (Å²) in [6, 6.07) is 4.33. The van der Waals surface area contributed by atoms with E-state index in [0.717, 1.165) is 23.1 Å². The van der Waals surface area contributed by atoms with E-state index >= 15 is 0 Å². The molecule has 3 heterocycles. The molecule has 3 rings (SSSR count). The lowest BCUT2D eigenvalue weighted by molar-refractivity contribution is 0.563. The van der Waals surface area contributed by atoms with Crippen molar-refractivity contribution in [3.05, 3.63) is 56.7 Å². The summed E-state index contributed by atoms with van der Waals surface area (Å²) in [7, 11) is 2.03. The number of rotatable bonds is 5. The van der Waals surface area contributed by atoms with Crippen LogP contribution in [-0.2, 0) is 13.6 Å². The van der Waals surface area contributed by atoms with Gasteiger partial charge in [-0.3, -0.25) is 5.32 Å². The molecule has 0 saturated heterocycles. The maximum Gasteiger partial charge on any atom is 0.131 e. The Bertz CT molecular complexity index is 669. The smallest absolute Gasteiger partial charge is 0.131 e. The normalized spacial score (nSPS) is 12.7. The minimum Gasteiger partial charge on any atom is -0.336 e. The van der Waals surface area contributed by atoms with Gasteiger partial charge >= 0.3 is 0 Å². The molecule has 0 aliphatic carbocycles. The number of nitrogens with zero attached hydrogens (tertiary/aromatic N) is 3. The van der Waals surface area contributed by atoms with Gasteiger partial charge in [0.2, 0.25) is 0 Å². The topological polar surface area (TPSA) is 42.7 Å². The van der Waals surface area contributed by atoms with Crippen LogP contribution >= 0.6 is 22.7 Å². The van der Waals surface area contributed by atoms with Crippen LogP contribution in [0.2, 0.25) is 0 Å². The lowest BCUT2D eigenvalue weighted by Gasteiger charge is -2.16. The molecule has 4 nitrogen and oxygen atoms in total. The van der Waals surface area contributed by atoms with E-state index in [0.29, 0.717) is 0 Å². The molecular formula is C14H16N4S2. The third kappa shape index (κ3) is 2.82. The van der Waals surface area contributed by atoms with Crippen molar-refractivity contribution >= 4 is 22.7 Å². The van der Waals surface area contributed by atoms with Gasteiger partial charge in [-0.25, -0.2) is 9.97 Å². The molecule has 0 spiro atoms. The lowest BCUT2D eigenvalue weighted by Crippen LogP contribution is -2.24. The van der Waals surface area contributed by atoms with Crippen LogP contribution in [0.5, 0.6) is 0 Å². The molecule has 3 aromatic rings. The quantitative estimate of drug-likeness (QED) is 0.787. The van der Waals surface area contributed by atoms with Crippen LogP contribution in [-0.4, -0.2) is 14.5 Å². The first kappa shape index (κ1) is 13.5. The summed E-state index contributed by atoms with van der Waals surface area (Å²) in [6.45, 7) is 2.78. The first-order chi connectivity index (χ1) is 9.74. The second kappa shape index (κ2) is 5.87. The van der Waals surface area contributed by atoms with Gasteiger partial charge in [-0.05, 0) is 18.4 Å². The van der Waals surface area contributed by atoms with Crippen molar-refractivity contribution in [1.29, 1.82) is 0 Å². The van der Waals surface area contributed by atoms with Crippen LogP contribution in [0.25, 0.3) is 0 Å². The maximum absolute atomic E-state index is 4.50. The van der Waals surface area contributed by atoms with Gasteiger partial charge in [0, 0.05) is 41.9 Å². The van der Waals surface area contributed by atoms with Gasteiger partial charge in [0.25, 0.3) is 0 Å². The van der Waals surface area contributed by atoms with Gasteiger partial charge in [0.15, 0.2) is 0 Å². The predicted octanol–water partition coefficient (Wildman–Crippen LogP) is 3.13. The second-order valence-electron chi connectivity index (χ2n) is 4.61. The number of imidazole rings is 1. The molecule has 0 radical (unpaired) electrons. The average Bonchev–Trinajstić information content (AvgIpc) is 3.14. The highest BCUT2D eigenvalue weighted by atomic mass is 32.1.